The molecule has 1 nitrogen and oxygen atoms in total. The Kier molecular flexibility index (Phi) is 2.10. The maximum atomic E-state index is 2.62. The highest BCUT2D eigenvalue weighted by atomic mass is 15.1. The van der Waals surface area contributed by atoms with E-state index in [0.29, 0.717) is 0 Å². The number of hydrogen-bond acceptors (Lipinski definition) is 1. The van der Waals surface area contributed by atoms with Crippen LogP contribution in [0.1, 0.15) is 25.3 Å². The summed E-state index contributed by atoms with van der Waals surface area (Å²) < 4.78 is 0. The monoisotopic (exact) mass is 201 g/mol. The molecule has 1 heterocycles. The van der Waals surface area contributed by atoms with Crippen molar-refractivity contribution in [2.24, 2.45) is 11.3 Å². The highest BCUT2D eigenvalue weighted by Crippen LogP contribution is 2.57. The van der Waals surface area contributed by atoms with Gasteiger partial charge in [0, 0.05) is 13.1 Å². The Balaban J connectivity index is 1.61. The second kappa shape index (κ2) is 3.34. The molecule has 1 aromatic rings. The Morgan fingerprint density at radius 1 is 1.33 bits per heavy atom. The molecule has 1 heteroatoms. The molecule has 0 radical (unpaired) electrons. The molecular weight excluding hydrogens is 182 g/mol. The molecule has 2 aliphatic rings. The summed E-state index contributed by atoms with van der Waals surface area (Å²) in [5, 5.41) is 0. The van der Waals surface area contributed by atoms with Crippen molar-refractivity contribution in [3.8, 4) is 0 Å². The molecule has 80 valence electrons. The van der Waals surface area contributed by atoms with Crippen LogP contribution >= 0.6 is 0 Å². The van der Waals surface area contributed by atoms with Crippen molar-refractivity contribution in [1.29, 1.82) is 0 Å². The Morgan fingerprint density at radius 3 is 2.87 bits per heavy atom. The van der Waals surface area contributed by atoms with E-state index in [4.69, 9.17) is 0 Å². The van der Waals surface area contributed by atoms with Crippen LogP contribution in [0, 0.1) is 11.3 Å². The summed E-state index contributed by atoms with van der Waals surface area (Å²) in [6.45, 7) is 6.22. The van der Waals surface area contributed by atoms with Gasteiger partial charge in [-0.05, 0) is 36.3 Å². The fourth-order valence-electron chi connectivity index (χ4n) is 2.90. The van der Waals surface area contributed by atoms with Crippen molar-refractivity contribution >= 4 is 0 Å². The number of likely N-dealkylation sites (tertiary alicyclic amines) is 1. The topological polar surface area (TPSA) is 3.24 Å². The van der Waals surface area contributed by atoms with Gasteiger partial charge in [0.25, 0.3) is 0 Å². The van der Waals surface area contributed by atoms with Crippen LogP contribution in [0.15, 0.2) is 30.3 Å². The number of fused-ring (bicyclic) bond motifs is 1. The fourth-order valence-corrected chi connectivity index (χ4v) is 2.90. The minimum absolute atomic E-state index is 0.729. The summed E-state index contributed by atoms with van der Waals surface area (Å²) in [6, 6.07) is 10.8. The van der Waals surface area contributed by atoms with Crippen molar-refractivity contribution in [2.45, 2.75) is 26.3 Å². The van der Waals surface area contributed by atoms with Gasteiger partial charge in [-0.2, -0.15) is 0 Å². The van der Waals surface area contributed by atoms with E-state index in [2.05, 4.69) is 42.2 Å². The summed E-state index contributed by atoms with van der Waals surface area (Å²) in [6.07, 6.45) is 2.88. The smallest absolute Gasteiger partial charge is 0.0233 e. The standard InChI is InChI=1S/C14H19N/c1-14-7-8-15(11-13(14)9-14)10-12-5-3-2-4-6-12/h2-6,13H,7-11H2,1H3. The lowest BCUT2D eigenvalue weighted by Crippen LogP contribution is -2.33. The quantitative estimate of drug-likeness (QED) is 0.711. The number of nitrogens with zero attached hydrogens (tertiary/aromatic N) is 1. The number of piperidine rings is 1. The second-order valence-electron chi connectivity index (χ2n) is 5.53. The first-order chi connectivity index (χ1) is 7.26. The largest absolute Gasteiger partial charge is 0.299 e. The first-order valence-electron chi connectivity index (χ1n) is 6.03. The van der Waals surface area contributed by atoms with E-state index in [-0.39, 0.29) is 0 Å². The number of benzene rings is 1. The molecular formula is C14H19N. The van der Waals surface area contributed by atoms with Gasteiger partial charge in [-0.15, -0.1) is 0 Å². The van der Waals surface area contributed by atoms with Crippen LogP contribution in [-0.2, 0) is 6.54 Å². The van der Waals surface area contributed by atoms with Gasteiger partial charge in [0.2, 0.25) is 0 Å². The number of hydrogen-bond donors (Lipinski definition) is 0. The third-order valence-corrected chi connectivity index (χ3v) is 4.26. The van der Waals surface area contributed by atoms with E-state index >= 15 is 0 Å². The fraction of sp³-hybridized carbons (Fsp3) is 0.571. The van der Waals surface area contributed by atoms with Gasteiger partial charge in [0.05, 0.1) is 0 Å². The maximum Gasteiger partial charge on any atom is 0.0233 e. The van der Waals surface area contributed by atoms with Crippen LogP contribution in [0.25, 0.3) is 0 Å². The average molecular weight is 201 g/mol. The van der Waals surface area contributed by atoms with Crippen LogP contribution in [0.5, 0.6) is 0 Å². The van der Waals surface area contributed by atoms with Gasteiger partial charge in [-0.1, -0.05) is 37.3 Å². The van der Waals surface area contributed by atoms with E-state index < -0.39 is 0 Å². The molecule has 1 saturated carbocycles. The van der Waals surface area contributed by atoms with Crippen molar-refractivity contribution < 1.29 is 0 Å². The summed E-state index contributed by atoms with van der Waals surface area (Å²) in [7, 11) is 0. The predicted octanol–water partition coefficient (Wildman–Crippen LogP) is 2.92. The molecule has 0 bridgehead atoms. The zero-order valence-electron chi connectivity index (χ0n) is 9.45. The van der Waals surface area contributed by atoms with Gasteiger partial charge in [0.15, 0.2) is 0 Å². The maximum absolute atomic E-state index is 2.62. The van der Waals surface area contributed by atoms with Gasteiger partial charge < -0.3 is 0 Å². The molecule has 15 heavy (non-hydrogen) atoms. The van der Waals surface area contributed by atoms with E-state index in [1.807, 2.05) is 0 Å². The van der Waals surface area contributed by atoms with Gasteiger partial charge in [-0.3, -0.25) is 4.90 Å². The molecule has 2 unspecified atom stereocenters. The third-order valence-electron chi connectivity index (χ3n) is 4.26. The highest BCUT2D eigenvalue weighted by Gasteiger charge is 2.52. The van der Waals surface area contributed by atoms with Crippen molar-refractivity contribution in [2.75, 3.05) is 13.1 Å². The Labute approximate surface area is 92.1 Å². The highest BCUT2D eigenvalue weighted by molar-refractivity contribution is 5.15. The minimum Gasteiger partial charge on any atom is -0.299 e. The predicted molar refractivity (Wildman–Crippen MR) is 62.6 cm³/mol. The first-order valence-corrected chi connectivity index (χ1v) is 6.03. The molecule has 0 N–H and O–H groups in total. The molecule has 1 aliphatic carbocycles. The normalized spacial score (nSPS) is 34.9. The Morgan fingerprint density at radius 2 is 2.13 bits per heavy atom. The minimum atomic E-state index is 0.729. The van der Waals surface area contributed by atoms with Crippen LogP contribution in [0.2, 0.25) is 0 Å². The summed E-state index contributed by atoms with van der Waals surface area (Å²) >= 11 is 0. The molecule has 2 atom stereocenters. The molecule has 0 spiro atoms. The third kappa shape index (κ3) is 1.81. The second-order valence-corrected chi connectivity index (χ2v) is 5.53. The van der Waals surface area contributed by atoms with E-state index in [1.54, 1.807) is 0 Å². The molecule has 1 aromatic carbocycles. The van der Waals surface area contributed by atoms with E-state index in [1.165, 1.54) is 31.5 Å². The van der Waals surface area contributed by atoms with Gasteiger partial charge >= 0.3 is 0 Å². The molecule has 1 aliphatic heterocycles. The first kappa shape index (κ1) is 9.41. The van der Waals surface area contributed by atoms with Crippen LogP contribution in [0.3, 0.4) is 0 Å². The van der Waals surface area contributed by atoms with Crippen molar-refractivity contribution in [1.82, 2.24) is 4.90 Å². The number of rotatable bonds is 2. The molecule has 0 amide bonds. The zero-order chi connectivity index (χ0) is 10.3. The molecule has 2 fully saturated rings. The summed E-state index contributed by atoms with van der Waals surface area (Å²) in [5.41, 5.74) is 2.19. The summed E-state index contributed by atoms with van der Waals surface area (Å²) in [4.78, 5) is 2.62. The zero-order valence-corrected chi connectivity index (χ0v) is 9.45. The molecule has 0 aromatic heterocycles. The summed E-state index contributed by atoms with van der Waals surface area (Å²) in [5.74, 6) is 0.995. The van der Waals surface area contributed by atoms with Crippen molar-refractivity contribution in [3.05, 3.63) is 35.9 Å². The van der Waals surface area contributed by atoms with E-state index in [0.717, 1.165) is 17.9 Å². The van der Waals surface area contributed by atoms with Gasteiger partial charge in [0.1, 0.15) is 0 Å². The van der Waals surface area contributed by atoms with E-state index in [9.17, 15) is 0 Å². The SMILES string of the molecule is CC12CCN(Cc3ccccc3)CC1C2. The molecule has 3 rings (SSSR count). The average Bonchev–Trinajstić information content (AvgIpc) is 2.91. The Hall–Kier alpha value is -0.820. The molecule has 1 saturated heterocycles. The van der Waals surface area contributed by atoms with Crippen molar-refractivity contribution in [3.63, 3.8) is 0 Å². The lowest BCUT2D eigenvalue weighted by Gasteiger charge is -2.29. The lowest BCUT2D eigenvalue weighted by atomic mass is 9.97. The van der Waals surface area contributed by atoms with Gasteiger partial charge in [-0.25, -0.2) is 0 Å². The van der Waals surface area contributed by atoms with Crippen LogP contribution in [-0.4, -0.2) is 18.0 Å². The van der Waals surface area contributed by atoms with Crippen LogP contribution < -0.4 is 0 Å². The Bertz CT molecular complexity index is 346. The lowest BCUT2D eigenvalue weighted by molar-refractivity contribution is 0.179. The van der Waals surface area contributed by atoms with Crippen LogP contribution in [0.4, 0.5) is 0 Å².